The molecule has 1 aliphatic heterocycles. The van der Waals surface area contributed by atoms with Crippen molar-refractivity contribution in [2.75, 3.05) is 13.1 Å². The highest BCUT2D eigenvalue weighted by Gasteiger charge is 2.26. The standard InChI is InChI=1S/C14H18N2O3/c1-10(17)11-4-5-16(8-11)9-12-7-14(19-15-12)13-3-2-6-18-13/h2-3,6-7,10-11,17H,4-5,8-9H2,1H3. The zero-order chi connectivity index (χ0) is 13.2. The summed E-state index contributed by atoms with van der Waals surface area (Å²) in [5, 5.41) is 13.7. The van der Waals surface area contributed by atoms with Crippen LogP contribution in [0.2, 0.25) is 0 Å². The SMILES string of the molecule is CC(O)C1CCN(Cc2cc(-c3ccco3)on2)C1. The first-order chi connectivity index (χ1) is 9.22. The smallest absolute Gasteiger partial charge is 0.202 e. The average molecular weight is 262 g/mol. The topological polar surface area (TPSA) is 62.6 Å². The zero-order valence-electron chi connectivity index (χ0n) is 11.0. The van der Waals surface area contributed by atoms with E-state index in [4.69, 9.17) is 8.94 Å². The van der Waals surface area contributed by atoms with Crippen molar-refractivity contribution in [3.63, 3.8) is 0 Å². The Hall–Kier alpha value is -1.59. The lowest BCUT2D eigenvalue weighted by atomic mass is 10.0. The van der Waals surface area contributed by atoms with Gasteiger partial charge in [-0.2, -0.15) is 0 Å². The number of likely N-dealkylation sites (tertiary alicyclic amines) is 1. The van der Waals surface area contributed by atoms with E-state index in [1.54, 1.807) is 6.26 Å². The van der Waals surface area contributed by atoms with Gasteiger partial charge in [0.2, 0.25) is 5.76 Å². The minimum absolute atomic E-state index is 0.235. The van der Waals surface area contributed by atoms with Crippen molar-refractivity contribution in [1.82, 2.24) is 10.1 Å². The maximum Gasteiger partial charge on any atom is 0.202 e. The van der Waals surface area contributed by atoms with E-state index in [-0.39, 0.29) is 6.10 Å². The number of nitrogens with zero attached hydrogens (tertiary/aromatic N) is 2. The van der Waals surface area contributed by atoms with E-state index in [0.717, 1.165) is 31.7 Å². The third kappa shape index (κ3) is 2.72. The van der Waals surface area contributed by atoms with Crippen molar-refractivity contribution in [2.24, 2.45) is 5.92 Å². The summed E-state index contributed by atoms with van der Waals surface area (Å²) in [6, 6.07) is 5.59. The maximum absolute atomic E-state index is 9.59. The Morgan fingerprint density at radius 1 is 1.53 bits per heavy atom. The molecular weight excluding hydrogens is 244 g/mol. The van der Waals surface area contributed by atoms with Gasteiger partial charge in [-0.3, -0.25) is 4.90 Å². The predicted octanol–water partition coefficient (Wildman–Crippen LogP) is 2.14. The predicted molar refractivity (Wildman–Crippen MR) is 69.3 cm³/mol. The van der Waals surface area contributed by atoms with Crippen LogP contribution in [0.25, 0.3) is 11.5 Å². The van der Waals surface area contributed by atoms with Gasteiger partial charge in [-0.1, -0.05) is 5.16 Å². The Morgan fingerprint density at radius 3 is 3.11 bits per heavy atom. The number of rotatable bonds is 4. The van der Waals surface area contributed by atoms with Gasteiger partial charge < -0.3 is 14.0 Å². The monoisotopic (exact) mass is 262 g/mol. The lowest BCUT2D eigenvalue weighted by Crippen LogP contribution is -2.24. The van der Waals surface area contributed by atoms with Crippen LogP contribution in [0, 0.1) is 5.92 Å². The first-order valence-corrected chi connectivity index (χ1v) is 6.62. The van der Waals surface area contributed by atoms with Crippen LogP contribution in [0.15, 0.2) is 33.4 Å². The van der Waals surface area contributed by atoms with E-state index >= 15 is 0 Å². The largest absolute Gasteiger partial charge is 0.461 e. The fourth-order valence-electron chi connectivity index (χ4n) is 2.55. The number of hydrogen-bond donors (Lipinski definition) is 1. The molecule has 2 aromatic heterocycles. The van der Waals surface area contributed by atoms with Gasteiger partial charge in [0.05, 0.1) is 18.1 Å². The van der Waals surface area contributed by atoms with Gasteiger partial charge >= 0.3 is 0 Å². The Morgan fingerprint density at radius 2 is 2.42 bits per heavy atom. The van der Waals surface area contributed by atoms with E-state index in [1.807, 2.05) is 25.1 Å². The van der Waals surface area contributed by atoms with Gasteiger partial charge in [-0.15, -0.1) is 0 Å². The van der Waals surface area contributed by atoms with Crippen LogP contribution in [0.1, 0.15) is 19.0 Å². The number of aromatic nitrogens is 1. The minimum Gasteiger partial charge on any atom is -0.461 e. The van der Waals surface area contributed by atoms with Gasteiger partial charge in [0.1, 0.15) is 0 Å². The number of hydrogen-bond acceptors (Lipinski definition) is 5. The van der Waals surface area contributed by atoms with Crippen LogP contribution in [0.4, 0.5) is 0 Å². The molecule has 0 amide bonds. The normalized spacial score (nSPS) is 21.9. The first kappa shape index (κ1) is 12.4. The van der Waals surface area contributed by atoms with Crippen molar-refractivity contribution in [3.05, 3.63) is 30.2 Å². The second-order valence-corrected chi connectivity index (χ2v) is 5.18. The Balaban J connectivity index is 1.62. The molecule has 0 spiro atoms. The molecule has 1 N–H and O–H groups in total. The van der Waals surface area contributed by atoms with E-state index in [9.17, 15) is 5.11 Å². The summed E-state index contributed by atoms with van der Waals surface area (Å²) in [6.45, 7) is 4.53. The molecule has 0 saturated carbocycles. The summed E-state index contributed by atoms with van der Waals surface area (Å²) in [6.07, 6.45) is 2.42. The van der Waals surface area contributed by atoms with E-state index in [2.05, 4.69) is 10.1 Å². The van der Waals surface area contributed by atoms with Crippen molar-refractivity contribution in [1.29, 1.82) is 0 Å². The fraction of sp³-hybridized carbons (Fsp3) is 0.500. The molecule has 1 aliphatic rings. The molecule has 5 nitrogen and oxygen atoms in total. The van der Waals surface area contributed by atoms with Gasteiger partial charge in [-0.25, -0.2) is 0 Å². The molecule has 19 heavy (non-hydrogen) atoms. The van der Waals surface area contributed by atoms with Gasteiger partial charge in [0, 0.05) is 19.2 Å². The molecule has 0 aliphatic carbocycles. The summed E-state index contributed by atoms with van der Waals surface area (Å²) in [5.41, 5.74) is 0.901. The lowest BCUT2D eigenvalue weighted by molar-refractivity contribution is 0.127. The average Bonchev–Trinajstić information content (AvgIpc) is 3.09. The Labute approximate surface area is 111 Å². The number of aliphatic hydroxyl groups excluding tert-OH is 1. The molecular formula is C14H18N2O3. The summed E-state index contributed by atoms with van der Waals surface area (Å²) in [4.78, 5) is 2.29. The second kappa shape index (κ2) is 5.19. The van der Waals surface area contributed by atoms with Crippen molar-refractivity contribution >= 4 is 0 Å². The molecule has 1 saturated heterocycles. The van der Waals surface area contributed by atoms with Crippen LogP contribution >= 0.6 is 0 Å². The molecule has 0 radical (unpaired) electrons. The van der Waals surface area contributed by atoms with Crippen molar-refractivity contribution in [3.8, 4) is 11.5 Å². The molecule has 3 heterocycles. The highest BCUT2D eigenvalue weighted by molar-refractivity contribution is 5.49. The third-order valence-electron chi connectivity index (χ3n) is 3.70. The quantitative estimate of drug-likeness (QED) is 0.914. The number of furan rings is 1. The molecule has 2 unspecified atom stereocenters. The molecule has 0 bridgehead atoms. The fourth-order valence-corrected chi connectivity index (χ4v) is 2.55. The summed E-state index contributed by atoms with van der Waals surface area (Å²) >= 11 is 0. The van der Waals surface area contributed by atoms with E-state index in [0.29, 0.717) is 17.4 Å². The minimum atomic E-state index is -0.235. The molecule has 5 heteroatoms. The highest BCUT2D eigenvalue weighted by atomic mass is 16.5. The van der Waals surface area contributed by atoms with Crippen LogP contribution in [-0.2, 0) is 6.54 Å². The molecule has 3 rings (SSSR count). The second-order valence-electron chi connectivity index (χ2n) is 5.18. The molecule has 2 aromatic rings. The number of aliphatic hydroxyl groups is 1. The summed E-state index contributed by atoms with van der Waals surface area (Å²) < 4.78 is 10.5. The molecule has 1 fully saturated rings. The maximum atomic E-state index is 9.59. The van der Waals surface area contributed by atoms with Crippen LogP contribution in [-0.4, -0.2) is 34.4 Å². The third-order valence-corrected chi connectivity index (χ3v) is 3.70. The van der Waals surface area contributed by atoms with Crippen LogP contribution in [0.3, 0.4) is 0 Å². The lowest BCUT2D eigenvalue weighted by Gasteiger charge is -2.15. The first-order valence-electron chi connectivity index (χ1n) is 6.62. The molecule has 2 atom stereocenters. The summed E-state index contributed by atoms with van der Waals surface area (Å²) in [5.74, 6) is 1.73. The van der Waals surface area contributed by atoms with Crippen LogP contribution < -0.4 is 0 Å². The van der Waals surface area contributed by atoms with E-state index < -0.39 is 0 Å². The van der Waals surface area contributed by atoms with Gasteiger partial charge in [0.25, 0.3) is 0 Å². The van der Waals surface area contributed by atoms with Crippen molar-refractivity contribution < 1.29 is 14.0 Å². The molecule has 102 valence electrons. The Bertz CT molecular complexity index is 519. The zero-order valence-corrected chi connectivity index (χ0v) is 11.0. The summed E-state index contributed by atoms with van der Waals surface area (Å²) in [7, 11) is 0. The van der Waals surface area contributed by atoms with Gasteiger partial charge in [0.15, 0.2) is 5.76 Å². The van der Waals surface area contributed by atoms with Crippen molar-refractivity contribution in [2.45, 2.75) is 26.0 Å². The van der Waals surface area contributed by atoms with Crippen LogP contribution in [0.5, 0.6) is 0 Å². The Kier molecular flexibility index (Phi) is 3.40. The highest BCUT2D eigenvalue weighted by Crippen LogP contribution is 2.24. The van der Waals surface area contributed by atoms with E-state index in [1.165, 1.54) is 0 Å². The molecule has 0 aromatic carbocycles. The van der Waals surface area contributed by atoms with Gasteiger partial charge in [-0.05, 0) is 37.9 Å².